The van der Waals surface area contributed by atoms with E-state index in [2.05, 4.69) is 5.32 Å². The highest BCUT2D eigenvalue weighted by atomic mass is 35.5. The van der Waals surface area contributed by atoms with Gasteiger partial charge in [-0.15, -0.1) is 0 Å². The summed E-state index contributed by atoms with van der Waals surface area (Å²) >= 11 is 12.0. The number of hydrogen-bond acceptors (Lipinski definition) is 2. The van der Waals surface area contributed by atoms with E-state index in [0.717, 1.165) is 0 Å². The lowest BCUT2D eigenvalue weighted by Crippen LogP contribution is -1.96. The van der Waals surface area contributed by atoms with Gasteiger partial charge < -0.3 is 11.1 Å². The Morgan fingerprint density at radius 2 is 1.65 bits per heavy atom. The third kappa shape index (κ3) is 2.62. The Hall–Kier alpha value is -1.45. The van der Waals surface area contributed by atoms with E-state index < -0.39 is 0 Å². The van der Waals surface area contributed by atoms with E-state index in [1.165, 1.54) is 6.07 Å². The molecule has 0 amide bonds. The van der Waals surface area contributed by atoms with Crippen LogP contribution in [0.25, 0.3) is 0 Å². The molecule has 88 valence electrons. The van der Waals surface area contributed by atoms with Crippen LogP contribution in [0.2, 0.25) is 10.0 Å². The number of hydrogen-bond donors (Lipinski definition) is 2. The van der Waals surface area contributed by atoms with Crippen LogP contribution in [0.3, 0.4) is 0 Å². The van der Waals surface area contributed by atoms with Gasteiger partial charge in [0.25, 0.3) is 0 Å². The molecule has 0 aliphatic rings. The maximum atomic E-state index is 13.4. The van der Waals surface area contributed by atoms with Crippen LogP contribution >= 0.6 is 23.2 Å². The summed E-state index contributed by atoms with van der Waals surface area (Å²) in [7, 11) is 0. The van der Waals surface area contributed by atoms with Crippen LogP contribution in [0.15, 0.2) is 36.4 Å². The second kappa shape index (κ2) is 4.82. The average molecular weight is 271 g/mol. The number of anilines is 3. The van der Waals surface area contributed by atoms with Gasteiger partial charge in [-0.05, 0) is 24.3 Å². The van der Waals surface area contributed by atoms with E-state index in [9.17, 15) is 4.39 Å². The molecule has 0 unspecified atom stereocenters. The van der Waals surface area contributed by atoms with Crippen molar-refractivity contribution in [2.75, 3.05) is 11.1 Å². The SMILES string of the molecule is Nc1cc(Cl)c(Nc2ccccc2F)c(Cl)c1. The van der Waals surface area contributed by atoms with Crippen LogP contribution in [0.1, 0.15) is 0 Å². The molecule has 2 aromatic rings. The van der Waals surface area contributed by atoms with Crippen LogP contribution in [0, 0.1) is 5.82 Å². The van der Waals surface area contributed by atoms with Crippen LogP contribution in [-0.4, -0.2) is 0 Å². The van der Waals surface area contributed by atoms with Gasteiger partial charge in [-0.25, -0.2) is 4.39 Å². The second-order valence-corrected chi connectivity index (χ2v) is 4.28. The van der Waals surface area contributed by atoms with Crippen LogP contribution in [0.4, 0.5) is 21.5 Å². The molecule has 0 saturated carbocycles. The highest BCUT2D eigenvalue weighted by molar-refractivity contribution is 6.39. The van der Waals surface area contributed by atoms with Gasteiger partial charge in [0.1, 0.15) is 5.82 Å². The van der Waals surface area contributed by atoms with Gasteiger partial charge in [-0.3, -0.25) is 0 Å². The van der Waals surface area contributed by atoms with Gasteiger partial charge in [0.2, 0.25) is 0 Å². The third-order valence-corrected chi connectivity index (χ3v) is 2.79. The first-order valence-corrected chi connectivity index (χ1v) is 5.59. The molecule has 2 aromatic carbocycles. The molecule has 0 spiro atoms. The topological polar surface area (TPSA) is 38.0 Å². The number of para-hydroxylation sites is 1. The summed E-state index contributed by atoms with van der Waals surface area (Å²) in [5.74, 6) is -0.378. The molecule has 0 aliphatic carbocycles. The lowest BCUT2D eigenvalue weighted by molar-refractivity contribution is 0.632. The van der Waals surface area contributed by atoms with Crippen molar-refractivity contribution in [2.45, 2.75) is 0 Å². The molecule has 0 bridgehead atoms. The van der Waals surface area contributed by atoms with Crippen molar-refractivity contribution in [2.24, 2.45) is 0 Å². The Kier molecular flexibility index (Phi) is 3.41. The lowest BCUT2D eigenvalue weighted by atomic mass is 10.2. The molecule has 0 aromatic heterocycles. The van der Waals surface area contributed by atoms with E-state index in [0.29, 0.717) is 27.1 Å². The Bertz CT molecular complexity index is 535. The fourth-order valence-corrected chi connectivity index (χ4v) is 2.01. The maximum absolute atomic E-state index is 13.4. The minimum Gasteiger partial charge on any atom is -0.399 e. The fourth-order valence-electron chi connectivity index (χ4n) is 1.41. The van der Waals surface area contributed by atoms with Crippen LogP contribution in [0.5, 0.6) is 0 Å². The lowest BCUT2D eigenvalue weighted by Gasteiger charge is -2.11. The van der Waals surface area contributed by atoms with E-state index >= 15 is 0 Å². The standard InChI is InChI=1S/C12H9Cl2FN2/c13-8-5-7(16)6-9(14)12(8)17-11-4-2-1-3-10(11)15/h1-6,17H,16H2. The van der Waals surface area contributed by atoms with Gasteiger partial charge in [-0.1, -0.05) is 35.3 Å². The molecule has 0 atom stereocenters. The van der Waals surface area contributed by atoms with E-state index in [1.807, 2.05) is 0 Å². The zero-order valence-corrected chi connectivity index (χ0v) is 10.2. The van der Waals surface area contributed by atoms with Crippen molar-refractivity contribution >= 4 is 40.3 Å². The first kappa shape index (κ1) is 12.0. The molecule has 2 nitrogen and oxygen atoms in total. The number of benzene rings is 2. The summed E-state index contributed by atoms with van der Waals surface area (Å²) in [6.45, 7) is 0. The summed E-state index contributed by atoms with van der Waals surface area (Å²) in [6, 6.07) is 9.37. The number of rotatable bonds is 2. The molecule has 5 heteroatoms. The molecular formula is C12H9Cl2FN2. The number of halogens is 3. The molecule has 17 heavy (non-hydrogen) atoms. The zero-order chi connectivity index (χ0) is 12.4. The van der Waals surface area contributed by atoms with Crippen molar-refractivity contribution in [3.63, 3.8) is 0 Å². The minimum atomic E-state index is -0.378. The zero-order valence-electron chi connectivity index (χ0n) is 8.68. The second-order valence-electron chi connectivity index (χ2n) is 3.46. The highest BCUT2D eigenvalue weighted by Crippen LogP contribution is 2.35. The van der Waals surface area contributed by atoms with Gasteiger partial charge in [0.15, 0.2) is 0 Å². The number of nitrogen functional groups attached to an aromatic ring is 1. The summed E-state index contributed by atoms with van der Waals surface area (Å²) in [5.41, 5.74) is 6.78. The Morgan fingerprint density at radius 3 is 2.24 bits per heavy atom. The first-order chi connectivity index (χ1) is 8.08. The van der Waals surface area contributed by atoms with E-state index in [1.54, 1.807) is 30.3 Å². The molecule has 0 saturated heterocycles. The average Bonchev–Trinajstić information content (AvgIpc) is 2.25. The fraction of sp³-hybridized carbons (Fsp3) is 0. The highest BCUT2D eigenvalue weighted by Gasteiger charge is 2.09. The van der Waals surface area contributed by atoms with E-state index in [-0.39, 0.29) is 5.82 Å². The largest absolute Gasteiger partial charge is 0.399 e. The third-order valence-electron chi connectivity index (χ3n) is 2.20. The van der Waals surface area contributed by atoms with Crippen molar-refractivity contribution in [1.82, 2.24) is 0 Å². The summed E-state index contributed by atoms with van der Waals surface area (Å²) in [5, 5.41) is 3.53. The monoisotopic (exact) mass is 270 g/mol. The number of nitrogens with two attached hydrogens (primary N) is 1. The minimum absolute atomic E-state index is 0.307. The Labute approximate surface area is 108 Å². The van der Waals surface area contributed by atoms with Crippen molar-refractivity contribution in [3.8, 4) is 0 Å². The predicted octanol–water partition coefficient (Wildman–Crippen LogP) is 4.46. The predicted molar refractivity (Wildman–Crippen MR) is 70.6 cm³/mol. The van der Waals surface area contributed by atoms with Gasteiger partial charge in [-0.2, -0.15) is 0 Å². The molecule has 0 heterocycles. The van der Waals surface area contributed by atoms with Crippen LogP contribution < -0.4 is 11.1 Å². The van der Waals surface area contributed by atoms with E-state index in [4.69, 9.17) is 28.9 Å². The summed E-state index contributed by atoms with van der Waals surface area (Å²) in [4.78, 5) is 0. The van der Waals surface area contributed by atoms with Crippen molar-refractivity contribution in [1.29, 1.82) is 0 Å². The van der Waals surface area contributed by atoms with Gasteiger partial charge in [0, 0.05) is 5.69 Å². The molecular weight excluding hydrogens is 262 g/mol. The Morgan fingerprint density at radius 1 is 1.06 bits per heavy atom. The first-order valence-electron chi connectivity index (χ1n) is 4.84. The summed E-state index contributed by atoms with van der Waals surface area (Å²) < 4.78 is 13.4. The van der Waals surface area contributed by atoms with Crippen molar-refractivity contribution in [3.05, 3.63) is 52.3 Å². The van der Waals surface area contributed by atoms with Crippen molar-refractivity contribution < 1.29 is 4.39 Å². The smallest absolute Gasteiger partial charge is 0.146 e. The summed E-state index contributed by atoms with van der Waals surface area (Å²) in [6.07, 6.45) is 0. The van der Waals surface area contributed by atoms with Gasteiger partial charge >= 0.3 is 0 Å². The maximum Gasteiger partial charge on any atom is 0.146 e. The molecule has 3 N–H and O–H groups in total. The Balaban J connectivity index is 2.40. The molecule has 2 rings (SSSR count). The normalized spacial score (nSPS) is 10.3. The molecule has 0 radical (unpaired) electrons. The van der Waals surface area contributed by atoms with Crippen LogP contribution in [-0.2, 0) is 0 Å². The number of nitrogens with one attached hydrogen (secondary N) is 1. The quantitative estimate of drug-likeness (QED) is 0.791. The molecule has 0 aliphatic heterocycles. The molecule has 0 fully saturated rings. The van der Waals surface area contributed by atoms with Gasteiger partial charge in [0.05, 0.1) is 21.4 Å².